The maximum atomic E-state index is 3.61. The summed E-state index contributed by atoms with van der Waals surface area (Å²) < 4.78 is 1.33. The number of quaternary nitrogens is 1. The molecule has 0 rings (SSSR count). The van der Waals surface area contributed by atoms with Crippen LogP contribution in [0.4, 0.5) is 0 Å². The van der Waals surface area contributed by atoms with Crippen molar-refractivity contribution in [3.8, 4) is 0 Å². The van der Waals surface area contributed by atoms with Gasteiger partial charge in [0.05, 0.1) is 26.7 Å². The van der Waals surface area contributed by atoms with E-state index in [2.05, 4.69) is 36.8 Å². The van der Waals surface area contributed by atoms with Crippen LogP contribution in [0.25, 0.3) is 0 Å². The second-order valence-electron chi connectivity index (χ2n) is 9.14. The van der Waals surface area contributed by atoms with E-state index in [0.717, 1.165) is 0 Å². The molecule has 172 valence electrons. The number of halogens is 2. The SMILES string of the molecule is CCCCCCCCCC[N+](C)(CCCCBr)CCCCCCCCCC.[I-]. The highest BCUT2D eigenvalue weighted by Gasteiger charge is 2.19. The van der Waals surface area contributed by atoms with Crippen LogP contribution in [0.2, 0.25) is 0 Å². The molecule has 0 unspecified atom stereocenters. The molecule has 0 saturated carbocycles. The first-order chi connectivity index (χ1) is 13.2. The third kappa shape index (κ3) is 21.9. The average molecular weight is 575 g/mol. The molecule has 0 aliphatic heterocycles. The zero-order chi connectivity index (χ0) is 20.1. The van der Waals surface area contributed by atoms with Crippen molar-refractivity contribution in [1.29, 1.82) is 0 Å². The minimum absolute atomic E-state index is 0. The van der Waals surface area contributed by atoms with Crippen molar-refractivity contribution in [3.63, 3.8) is 0 Å². The van der Waals surface area contributed by atoms with Crippen LogP contribution in [-0.4, -0.2) is 36.5 Å². The Kier molecular flexibility index (Phi) is 27.4. The average Bonchev–Trinajstić information content (AvgIpc) is 2.66. The lowest BCUT2D eigenvalue weighted by molar-refractivity contribution is -0.910. The highest BCUT2D eigenvalue weighted by Crippen LogP contribution is 2.16. The van der Waals surface area contributed by atoms with Gasteiger partial charge in [0.1, 0.15) is 0 Å². The fourth-order valence-electron chi connectivity index (χ4n) is 4.18. The molecule has 0 aromatic carbocycles. The second-order valence-corrected chi connectivity index (χ2v) is 9.93. The highest BCUT2D eigenvalue weighted by molar-refractivity contribution is 9.09. The van der Waals surface area contributed by atoms with Gasteiger partial charge in [-0.25, -0.2) is 0 Å². The smallest absolute Gasteiger partial charge is 0.0784 e. The van der Waals surface area contributed by atoms with Gasteiger partial charge in [0, 0.05) is 5.33 Å². The summed E-state index contributed by atoms with van der Waals surface area (Å²) in [6, 6.07) is 0. The lowest BCUT2D eigenvalue weighted by Gasteiger charge is -2.35. The van der Waals surface area contributed by atoms with E-state index in [1.165, 1.54) is 145 Å². The number of hydrogen-bond acceptors (Lipinski definition) is 0. The molecular weight excluding hydrogens is 521 g/mol. The molecule has 0 aliphatic rings. The van der Waals surface area contributed by atoms with E-state index in [0.29, 0.717) is 0 Å². The van der Waals surface area contributed by atoms with Crippen molar-refractivity contribution >= 4 is 15.9 Å². The zero-order valence-corrected chi connectivity index (χ0v) is 23.5. The Morgan fingerprint density at radius 2 is 0.750 bits per heavy atom. The molecule has 0 bridgehead atoms. The number of nitrogens with zero attached hydrogens (tertiary/aromatic N) is 1. The molecule has 0 aromatic heterocycles. The number of hydrogen-bond donors (Lipinski definition) is 0. The van der Waals surface area contributed by atoms with Crippen molar-refractivity contribution in [2.45, 2.75) is 129 Å². The van der Waals surface area contributed by atoms with E-state index in [9.17, 15) is 0 Å². The summed E-state index contributed by atoms with van der Waals surface area (Å²) in [6.45, 7) is 8.82. The van der Waals surface area contributed by atoms with Gasteiger partial charge in [-0.05, 0) is 38.5 Å². The van der Waals surface area contributed by atoms with Crippen molar-refractivity contribution in [1.82, 2.24) is 0 Å². The molecule has 0 fully saturated rings. The Bertz CT molecular complexity index is 266. The summed E-state index contributed by atoms with van der Waals surface area (Å²) in [4.78, 5) is 0. The molecule has 0 atom stereocenters. The van der Waals surface area contributed by atoms with Gasteiger partial charge in [-0.2, -0.15) is 0 Å². The number of unbranched alkanes of at least 4 members (excludes halogenated alkanes) is 15. The van der Waals surface area contributed by atoms with Crippen LogP contribution in [-0.2, 0) is 0 Å². The number of rotatable bonds is 22. The minimum Gasteiger partial charge on any atom is -1.00 e. The summed E-state index contributed by atoms with van der Waals surface area (Å²) in [7, 11) is 2.54. The van der Waals surface area contributed by atoms with Crippen LogP contribution in [0, 0.1) is 0 Å². The fourth-order valence-corrected chi connectivity index (χ4v) is 4.57. The number of alkyl halides is 1. The Morgan fingerprint density at radius 1 is 0.464 bits per heavy atom. The molecule has 0 saturated heterocycles. The second kappa shape index (κ2) is 24.4. The van der Waals surface area contributed by atoms with Crippen LogP contribution < -0.4 is 24.0 Å². The van der Waals surface area contributed by atoms with E-state index in [4.69, 9.17) is 0 Å². The Balaban J connectivity index is 0. The first-order valence-electron chi connectivity index (χ1n) is 12.6. The van der Waals surface area contributed by atoms with Gasteiger partial charge in [0.15, 0.2) is 0 Å². The topological polar surface area (TPSA) is 0 Å². The molecule has 1 nitrogen and oxygen atoms in total. The molecule has 0 aromatic rings. The molecule has 3 heteroatoms. The third-order valence-electron chi connectivity index (χ3n) is 6.18. The van der Waals surface area contributed by atoms with Crippen LogP contribution in [0.3, 0.4) is 0 Å². The van der Waals surface area contributed by atoms with Gasteiger partial charge in [-0.1, -0.05) is 107 Å². The largest absolute Gasteiger partial charge is 1.00 e. The summed E-state index contributed by atoms with van der Waals surface area (Å²) in [5.41, 5.74) is 0. The maximum Gasteiger partial charge on any atom is 0.0784 e. The molecule has 0 N–H and O–H groups in total. The standard InChI is InChI=1S/C25H53BrN.HI/c1-4-6-8-10-12-14-16-19-23-27(3,25-21-18-22-26)24-20-17-15-13-11-9-7-5-2;/h4-25H2,1-3H3;1H/q+1;/p-1. The van der Waals surface area contributed by atoms with Crippen LogP contribution >= 0.6 is 15.9 Å². The Morgan fingerprint density at radius 3 is 1.07 bits per heavy atom. The van der Waals surface area contributed by atoms with Crippen molar-refractivity contribution in [3.05, 3.63) is 0 Å². The van der Waals surface area contributed by atoms with Gasteiger partial charge < -0.3 is 28.5 Å². The molecule has 0 aliphatic carbocycles. The van der Waals surface area contributed by atoms with Crippen LogP contribution in [0.5, 0.6) is 0 Å². The maximum absolute atomic E-state index is 3.61. The molecular formula is C25H53BrIN. The summed E-state index contributed by atoms with van der Waals surface area (Å²) >= 11 is 3.61. The van der Waals surface area contributed by atoms with E-state index < -0.39 is 0 Å². The third-order valence-corrected chi connectivity index (χ3v) is 6.75. The molecule has 0 heterocycles. The first-order valence-corrected chi connectivity index (χ1v) is 13.7. The molecule has 28 heavy (non-hydrogen) atoms. The quantitative estimate of drug-likeness (QED) is 0.0655. The van der Waals surface area contributed by atoms with E-state index in [1.807, 2.05) is 0 Å². The van der Waals surface area contributed by atoms with Gasteiger partial charge in [0.25, 0.3) is 0 Å². The van der Waals surface area contributed by atoms with Gasteiger partial charge in [-0.15, -0.1) is 0 Å². The predicted octanol–water partition coefficient (Wildman–Crippen LogP) is 5.89. The Labute approximate surface area is 204 Å². The minimum atomic E-state index is 0. The fraction of sp³-hybridized carbons (Fsp3) is 1.00. The van der Waals surface area contributed by atoms with Gasteiger partial charge in [0.2, 0.25) is 0 Å². The monoisotopic (exact) mass is 573 g/mol. The van der Waals surface area contributed by atoms with E-state index in [1.54, 1.807) is 0 Å². The normalized spacial score (nSPS) is 11.6. The summed E-state index contributed by atoms with van der Waals surface area (Å²) in [5.74, 6) is 0. The van der Waals surface area contributed by atoms with Crippen molar-refractivity contribution in [2.24, 2.45) is 0 Å². The first kappa shape index (κ1) is 31.4. The molecule has 0 radical (unpaired) electrons. The summed E-state index contributed by atoms with van der Waals surface area (Å²) in [6.07, 6.45) is 25.8. The van der Waals surface area contributed by atoms with Gasteiger partial charge in [-0.3, -0.25) is 0 Å². The molecule has 0 spiro atoms. The van der Waals surface area contributed by atoms with Crippen LogP contribution in [0.1, 0.15) is 129 Å². The van der Waals surface area contributed by atoms with Gasteiger partial charge >= 0.3 is 0 Å². The molecule has 0 amide bonds. The van der Waals surface area contributed by atoms with E-state index >= 15 is 0 Å². The van der Waals surface area contributed by atoms with Crippen molar-refractivity contribution in [2.75, 3.05) is 32.0 Å². The van der Waals surface area contributed by atoms with Crippen LogP contribution in [0.15, 0.2) is 0 Å². The predicted molar refractivity (Wildman–Crippen MR) is 129 cm³/mol. The van der Waals surface area contributed by atoms with Crippen molar-refractivity contribution < 1.29 is 28.5 Å². The van der Waals surface area contributed by atoms with E-state index in [-0.39, 0.29) is 24.0 Å². The lowest BCUT2D eigenvalue weighted by atomic mass is 10.1. The summed E-state index contributed by atoms with van der Waals surface area (Å²) in [5, 5.41) is 1.17. The zero-order valence-electron chi connectivity index (χ0n) is 19.8. The highest BCUT2D eigenvalue weighted by atomic mass is 127. The Hall–Kier alpha value is 1.17. The lowest BCUT2D eigenvalue weighted by Crippen LogP contribution is -3.00.